The molecule has 0 aliphatic carbocycles. The molecule has 0 radical (unpaired) electrons. The van der Waals surface area contributed by atoms with Gasteiger partial charge in [-0.1, -0.05) is 128 Å². The molecule has 234 valence electrons. The van der Waals surface area contributed by atoms with Crippen molar-refractivity contribution < 1.29 is 19.4 Å². The Kier molecular flexibility index (Phi) is 30.7. The van der Waals surface area contributed by atoms with E-state index in [1.807, 2.05) is 0 Å². The van der Waals surface area contributed by atoms with Crippen molar-refractivity contribution in [3.8, 4) is 0 Å². The molecule has 4 heteroatoms. The minimum absolute atomic E-state index is 0.0139. The van der Waals surface area contributed by atoms with Crippen molar-refractivity contribution in [1.29, 1.82) is 0 Å². The molecule has 0 fully saturated rings. The SMILES string of the molecule is CCCCC/C=C\C/C=C\CCCCCCCCCCCC(=O)OC(CCCCC)CCCCCCCC(=O)O. The predicted molar refractivity (Wildman–Crippen MR) is 172 cm³/mol. The van der Waals surface area contributed by atoms with Crippen molar-refractivity contribution in [3.05, 3.63) is 24.3 Å². The quantitative estimate of drug-likeness (QED) is 0.0518. The molecule has 1 unspecified atom stereocenters. The summed E-state index contributed by atoms with van der Waals surface area (Å²) >= 11 is 0. The Labute approximate surface area is 248 Å². The molecule has 0 aliphatic rings. The Balaban J connectivity index is 3.68. The van der Waals surface area contributed by atoms with Crippen molar-refractivity contribution in [1.82, 2.24) is 0 Å². The first-order valence-corrected chi connectivity index (χ1v) is 17.3. The Bertz CT molecular complexity index is 610. The summed E-state index contributed by atoms with van der Waals surface area (Å²) in [5.41, 5.74) is 0. The van der Waals surface area contributed by atoms with Gasteiger partial charge in [-0.3, -0.25) is 9.59 Å². The summed E-state index contributed by atoms with van der Waals surface area (Å²) in [6.07, 6.45) is 39.3. The molecule has 0 aliphatic heterocycles. The average molecular weight is 563 g/mol. The molecule has 0 heterocycles. The molecule has 1 N–H and O–H groups in total. The third kappa shape index (κ3) is 31.0. The molecule has 0 saturated carbocycles. The summed E-state index contributed by atoms with van der Waals surface area (Å²) in [6, 6.07) is 0. The van der Waals surface area contributed by atoms with Crippen LogP contribution in [0.2, 0.25) is 0 Å². The third-order valence-electron chi connectivity index (χ3n) is 7.68. The van der Waals surface area contributed by atoms with Gasteiger partial charge in [0.2, 0.25) is 0 Å². The second-order valence-electron chi connectivity index (χ2n) is 11.7. The Morgan fingerprint density at radius 1 is 0.550 bits per heavy atom. The average Bonchev–Trinajstić information content (AvgIpc) is 2.93. The van der Waals surface area contributed by atoms with Crippen LogP contribution in [0.5, 0.6) is 0 Å². The fourth-order valence-electron chi connectivity index (χ4n) is 5.10. The van der Waals surface area contributed by atoms with E-state index in [0.717, 1.165) is 70.6 Å². The van der Waals surface area contributed by atoms with Crippen molar-refractivity contribution in [2.45, 2.75) is 193 Å². The number of hydrogen-bond donors (Lipinski definition) is 1. The first kappa shape index (κ1) is 38.4. The summed E-state index contributed by atoms with van der Waals surface area (Å²) in [6.45, 7) is 4.45. The summed E-state index contributed by atoms with van der Waals surface area (Å²) < 4.78 is 5.87. The zero-order chi connectivity index (χ0) is 29.4. The van der Waals surface area contributed by atoms with Crippen LogP contribution in [-0.2, 0) is 14.3 Å². The highest BCUT2D eigenvalue weighted by Gasteiger charge is 2.14. The smallest absolute Gasteiger partial charge is 0.306 e. The van der Waals surface area contributed by atoms with Gasteiger partial charge < -0.3 is 9.84 Å². The van der Waals surface area contributed by atoms with Crippen molar-refractivity contribution in [3.63, 3.8) is 0 Å². The van der Waals surface area contributed by atoms with Crippen LogP contribution < -0.4 is 0 Å². The topological polar surface area (TPSA) is 63.6 Å². The van der Waals surface area contributed by atoms with Gasteiger partial charge in [0.05, 0.1) is 0 Å². The number of carboxylic acid groups (broad SMARTS) is 1. The van der Waals surface area contributed by atoms with Crippen LogP contribution in [0.15, 0.2) is 24.3 Å². The summed E-state index contributed by atoms with van der Waals surface area (Å²) in [5.74, 6) is -0.718. The summed E-state index contributed by atoms with van der Waals surface area (Å²) in [7, 11) is 0. The minimum Gasteiger partial charge on any atom is -0.481 e. The molecule has 0 saturated heterocycles. The first-order chi connectivity index (χ1) is 19.6. The number of carbonyl (C=O) groups is 2. The molecule has 0 aromatic carbocycles. The lowest BCUT2D eigenvalue weighted by molar-refractivity contribution is -0.150. The van der Waals surface area contributed by atoms with E-state index < -0.39 is 5.97 Å². The van der Waals surface area contributed by atoms with Crippen molar-refractivity contribution in [2.75, 3.05) is 0 Å². The highest BCUT2D eigenvalue weighted by Crippen LogP contribution is 2.18. The van der Waals surface area contributed by atoms with Crippen LogP contribution >= 0.6 is 0 Å². The van der Waals surface area contributed by atoms with Gasteiger partial charge in [-0.2, -0.15) is 0 Å². The summed E-state index contributed by atoms with van der Waals surface area (Å²) in [5, 5.41) is 8.73. The molecule has 4 nitrogen and oxygen atoms in total. The molecular weight excluding hydrogens is 496 g/mol. The Morgan fingerprint density at radius 3 is 1.52 bits per heavy atom. The van der Waals surface area contributed by atoms with Gasteiger partial charge in [0, 0.05) is 12.8 Å². The minimum atomic E-state index is -0.704. The molecule has 0 aromatic rings. The highest BCUT2D eigenvalue weighted by molar-refractivity contribution is 5.69. The Hall–Kier alpha value is -1.58. The number of carboxylic acids is 1. The fourth-order valence-corrected chi connectivity index (χ4v) is 5.10. The van der Waals surface area contributed by atoms with Gasteiger partial charge in [0.1, 0.15) is 6.10 Å². The lowest BCUT2D eigenvalue weighted by atomic mass is 10.0. The molecule has 0 aromatic heterocycles. The number of carbonyl (C=O) groups excluding carboxylic acids is 1. The molecule has 0 amide bonds. The Morgan fingerprint density at radius 2 is 0.975 bits per heavy atom. The van der Waals surface area contributed by atoms with E-state index in [1.54, 1.807) is 0 Å². The number of rotatable bonds is 31. The van der Waals surface area contributed by atoms with Gasteiger partial charge in [-0.25, -0.2) is 0 Å². The van der Waals surface area contributed by atoms with Gasteiger partial charge in [0.25, 0.3) is 0 Å². The van der Waals surface area contributed by atoms with Crippen molar-refractivity contribution in [2.24, 2.45) is 0 Å². The van der Waals surface area contributed by atoms with Crippen LogP contribution in [-0.4, -0.2) is 23.1 Å². The van der Waals surface area contributed by atoms with Crippen LogP contribution in [0, 0.1) is 0 Å². The predicted octanol–water partition coefficient (Wildman–Crippen LogP) is 11.7. The van der Waals surface area contributed by atoms with Gasteiger partial charge in [-0.15, -0.1) is 0 Å². The van der Waals surface area contributed by atoms with E-state index in [4.69, 9.17) is 9.84 Å². The number of allylic oxidation sites excluding steroid dienone is 4. The zero-order valence-corrected chi connectivity index (χ0v) is 26.7. The van der Waals surface area contributed by atoms with Gasteiger partial charge in [-0.05, 0) is 70.6 Å². The highest BCUT2D eigenvalue weighted by atomic mass is 16.5. The molecule has 40 heavy (non-hydrogen) atoms. The second kappa shape index (κ2) is 31.9. The van der Waals surface area contributed by atoms with E-state index in [1.165, 1.54) is 89.9 Å². The first-order valence-electron chi connectivity index (χ1n) is 17.3. The van der Waals surface area contributed by atoms with E-state index in [9.17, 15) is 9.59 Å². The number of aliphatic carboxylic acids is 1. The molecule has 1 atom stereocenters. The van der Waals surface area contributed by atoms with Gasteiger partial charge >= 0.3 is 11.9 Å². The maximum atomic E-state index is 12.4. The number of hydrogen-bond acceptors (Lipinski definition) is 3. The van der Waals surface area contributed by atoms with Crippen LogP contribution in [0.3, 0.4) is 0 Å². The van der Waals surface area contributed by atoms with E-state index in [0.29, 0.717) is 6.42 Å². The van der Waals surface area contributed by atoms with E-state index >= 15 is 0 Å². The number of ether oxygens (including phenoxy) is 1. The maximum Gasteiger partial charge on any atom is 0.306 e. The van der Waals surface area contributed by atoms with Crippen LogP contribution in [0.1, 0.15) is 187 Å². The largest absolute Gasteiger partial charge is 0.481 e. The second-order valence-corrected chi connectivity index (χ2v) is 11.7. The molecule has 0 bridgehead atoms. The lowest BCUT2D eigenvalue weighted by Gasteiger charge is -2.18. The summed E-state index contributed by atoms with van der Waals surface area (Å²) in [4.78, 5) is 23.0. The zero-order valence-electron chi connectivity index (χ0n) is 26.7. The maximum absolute atomic E-state index is 12.4. The number of unbranched alkanes of at least 4 members (excludes halogenated alkanes) is 18. The third-order valence-corrected chi connectivity index (χ3v) is 7.68. The molecule has 0 spiro atoms. The molecular formula is C36H66O4. The lowest BCUT2D eigenvalue weighted by Crippen LogP contribution is -2.18. The molecule has 0 rings (SSSR count). The van der Waals surface area contributed by atoms with E-state index in [-0.39, 0.29) is 18.5 Å². The van der Waals surface area contributed by atoms with Crippen LogP contribution in [0.4, 0.5) is 0 Å². The number of esters is 1. The standard InChI is InChI=1S/C36H66O4/c1-3-5-7-8-9-10-11-12-13-14-15-16-17-18-19-20-21-25-29-33-36(39)40-34(30-26-6-4-2)31-27-23-22-24-28-32-35(37)38/h9-10,12-13,34H,3-8,11,14-33H2,1-2H3,(H,37,38)/b10-9-,13-12-. The monoisotopic (exact) mass is 562 g/mol. The van der Waals surface area contributed by atoms with Gasteiger partial charge in [0.15, 0.2) is 0 Å². The normalized spacial score (nSPS) is 12.4. The van der Waals surface area contributed by atoms with Crippen LogP contribution in [0.25, 0.3) is 0 Å². The van der Waals surface area contributed by atoms with E-state index in [2.05, 4.69) is 38.2 Å². The van der Waals surface area contributed by atoms with Crippen molar-refractivity contribution >= 4 is 11.9 Å². The fraction of sp³-hybridized carbons (Fsp3) is 0.833.